The summed E-state index contributed by atoms with van der Waals surface area (Å²) in [5.41, 5.74) is 1.05. The minimum Gasteiger partial charge on any atom is -0.387 e. The fraction of sp³-hybridized carbons (Fsp3) is 0.615. The highest BCUT2D eigenvalue weighted by Crippen LogP contribution is 2.29. The van der Waals surface area contributed by atoms with Gasteiger partial charge >= 0.3 is 0 Å². The van der Waals surface area contributed by atoms with E-state index < -0.39 is 6.10 Å². The Morgan fingerprint density at radius 3 is 2.53 bits per heavy atom. The summed E-state index contributed by atoms with van der Waals surface area (Å²) in [6.45, 7) is 6.65. The van der Waals surface area contributed by atoms with Gasteiger partial charge in [-0.2, -0.15) is 0 Å². The van der Waals surface area contributed by atoms with Gasteiger partial charge in [0.1, 0.15) is 0 Å². The van der Waals surface area contributed by atoms with E-state index in [2.05, 4.69) is 57.6 Å². The number of hydrogen-bond donors (Lipinski definition) is 1. The summed E-state index contributed by atoms with van der Waals surface area (Å²) in [5.74, 6) is 0. The van der Waals surface area contributed by atoms with Crippen LogP contribution in [0, 0.1) is 5.41 Å². The molecule has 4 heteroatoms. The van der Waals surface area contributed by atoms with Crippen molar-refractivity contribution in [2.75, 3.05) is 0 Å². The minimum atomic E-state index is -0.486. The van der Waals surface area contributed by atoms with Crippen molar-refractivity contribution in [2.24, 2.45) is 5.41 Å². The molecule has 1 atom stereocenters. The molecule has 0 saturated carbocycles. The Morgan fingerprint density at radius 2 is 2.00 bits per heavy atom. The molecule has 2 nitrogen and oxygen atoms in total. The van der Waals surface area contributed by atoms with E-state index in [4.69, 9.17) is 0 Å². The third-order valence-corrected chi connectivity index (χ3v) is 3.63. The molecule has 0 spiro atoms. The quantitative estimate of drug-likeness (QED) is 0.827. The topological polar surface area (TPSA) is 33.1 Å². The molecule has 0 radical (unpaired) electrons. The Morgan fingerprint density at radius 1 is 1.35 bits per heavy atom. The van der Waals surface area contributed by atoms with Crippen LogP contribution in [-0.4, -0.2) is 10.1 Å². The van der Waals surface area contributed by atoms with Crippen LogP contribution < -0.4 is 0 Å². The molecule has 0 aromatic carbocycles. The fourth-order valence-electron chi connectivity index (χ4n) is 1.63. The lowest BCUT2D eigenvalue weighted by Crippen LogP contribution is -2.07. The molecular weight excluding hydrogens is 346 g/mol. The standard InChI is InChI=1S/C13H19Br2NO/c1-13(2,3)6-4-5-11(17)12-10(15)7-9(14)8-16-12/h7-8,11,17H,4-6H2,1-3H3. The molecule has 1 heterocycles. The number of aliphatic hydroxyl groups is 1. The molecule has 1 unspecified atom stereocenters. The van der Waals surface area contributed by atoms with Crippen molar-refractivity contribution < 1.29 is 5.11 Å². The van der Waals surface area contributed by atoms with Gasteiger partial charge in [-0.3, -0.25) is 4.98 Å². The van der Waals surface area contributed by atoms with Crippen molar-refractivity contribution in [2.45, 2.75) is 46.1 Å². The molecule has 1 N–H and O–H groups in total. The summed E-state index contributed by atoms with van der Waals surface area (Å²) < 4.78 is 1.77. The second-order valence-electron chi connectivity index (χ2n) is 5.49. The van der Waals surface area contributed by atoms with Gasteiger partial charge in [-0.1, -0.05) is 20.8 Å². The lowest BCUT2D eigenvalue weighted by atomic mass is 9.89. The van der Waals surface area contributed by atoms with Crippen LogP contribution >= 0.6 is 31.9 Å². The summed E-state index contributed by atoms with van der Waals surface area (Å²) in [7, 11) is 0. The van der Waals surface area contributed by atoms with Crippen molar-refractivity contribution in [3.05, 3.63) is 26.9 Å². The molecule has 0 fully saturated rings. The molecule has 1 aromatic heterocycles. The highest BCUT2D eigenvalue weighted by atomic mass is 79.9. The van der Waals surface area contributed by atoms with Crippen LogP contribution in [0.3, 0.4) is 0 Å². The van der Waals surface area contributed by atoms with Crippen molar-refractivity contribution in [3.63, 3.8) is 0 Å². The zero-order chi connectivity index (χ0) is 13.1. The molecule has 0 bridgehead atoms. The third-order valence-electron chi connectivity index (χ3n) is 2.56. The zero-order valence-corrected chi connectivity index (χ0v) is 13.7. The van der Waals surface area contributed by atoms with Gasteiger partial charge in [0.2, 0.25) is 0 Å². The van der Waals surface area contributed by atoms with Gasteiger partial charge in [-0.25, -0.2) is 0 Å². The Balaban J connectivity index is 2.55. The van der Waals surface area contributed by atoms with E-state index in [0.29, 0.717) is 5.41 Å². The lowest BCUT2D eigenvalue weighted by Gasteiger charge is -2.19. The summed E-state index contributed by atoms with van der Waals surface area (Å²) in [4.78, 5) is 4.25. The molecule has 0 amide bonds. The maximum absolute atomic E-state index is 10.1. The first-order valence-corrected chi connectivity index (χ1v) is 7.37. The minimum absolute atomic E-state index is 0.324. The Bertz CT molecular complexity index is 374. The fourth-order valence-corrected chi connectivity index (χ4v) is 2.88. The number of rotatable bonds is 4. The van der Waals surface area contributed by atoms with Crippen molar-refractivity contribution in [1.82, 2.24) is 4.98 Å². The van der Waals surface area contributed by atoms with Gasteiger partial charge in [-0.05, 0) is 62.6 Å². The maximum atomic E-state index is 10.1. The zero-order valence-electron chi connectivity index (χ0n) is 10.5. The molecule has 1 aromatic rings. The molecule has 1 rings (SSSR count). The SMILES string of the molecule is CC(C)(C)CCCC(O)c1ncc(Br)cc1Br. The van der Waals surface area contributed by atoms with E-state index in [0.717, 1.165) is 33.9 Å². The maximum Gasteiger partial charge on any atom is 0.0971 e. The van der Waals surface area contributed by atoms with E-state index in [9.17, 15) is 5.11 Å². The van der Waals surface area contributed by atoms with Crippen LogP contribution in [0.15, 0.2) is 21.2 Å². The van der Waals surface area contributed by atoms with E-state index in [1.54, 1.807) is 6.20 Å². The predicted molar refractivity (Wildman–Crippen MR) is 77.9 cm³/mol. The normalized spacial score (nSPS) is 13.8. The van der Waals surface area contributed by atoms with Crippen LogP contribution in [0.5, 0.6) is 0 Å². The van der Waals surface area contributed by atoms with Gasteiger partial charge in [0.25, 0.3) is 0 Å². The predicted octanol–water partition coefficient (Wildman–Crippen LogP) is 4.86. The first kappa shape index (κ1) is 15.1. The smallest absolute Gasteiger partial charge is 0.0971 e. The summed E-state index contributed by atoms with van der Waals surface area (Å²) in [6.07, 6.45) is 4.10. The van der Waals surface area contributed by atoms with Crippen LogP contribution in [0.25, 0.3) is 0 Å². The first-order chi connectivity index (χ1) is 7.79. The molecule has 96 valence electrons. The number of nitrogens with zero attached hydrogens (tertiary/aromatic N) is 1. The highest BCUT2D eigenvalue weighted by molar-refractivity contribution is 9.11. The van der Waals surface area contributed by atoms with Crippen LogP contribution in [0.1, 0.15) is 51.8 Å². The number of aliphatic hydroxyl groups excluding tert-OH is 1. The lowest BCUT2D eigenvalue weighted by molar-refractivity contribution is 0.153. The van der Waals surface area contributed by atoms with E-state index in [-0.39, 0.29) is 0 Å². The second kappa shape index (κ2) is 6.30. The number of halogens is 2. The van der Waals surface area contributed by atoms with Gasteiger partial charge in [0.05, 0.1) is 11.8 Å². The second-order valence-corrected chi connectivity index (χ2v) is 7.26. The summed E-state index contributed by atoms with van der Waals surface area (Å²) in [6, 6.07) is 1.91. The summed E-state index contributed by atoms with van der Waals surface area (Å²) >= 11 is 6.78. The van der Waals surface area contributed by atoms with Crippen molar-refractivity contribution in [3.8, 4) is 0 Å². The average Bonchev–Trinajstić information content (AvgIpc) is 2.15. The first-order valence-electron chi connectivity index (χ1n) is 5.78. The van der Waals surface area contributed by atoms with E-state index >= 15 is 0 Å². The van der Waals surface area contributed by atoms with Gasteiger partial charge < -0.3 is 5.11 Å². The number of hydrogen-bond acceptors (Lipinski definition) is 2. The van der Waals surface area contributed by atoms with E-state index in [1.807, 2.05) is 6.07 Å². The van der Waals surface area contributed by atoms with Crippen molar-refractivity contribution in [1.29, 1.82) is 0 Å². The number of pyridine rings is 1. The monoisotopic (exact) mass is 363 g/mol. The van der Waals surface area contributed by atoms with Crippen LogP contribution in [0.4, 0.5) is 0 Å². The molecule has 0 aliphatic carbocycles. The highest BCUT2D eigenvalue weighted by Gasteiger charge is 2.15. The molecule has 0 aliphatic rings. The summed E-state index contributed by atoms with van der Waals surface area (Å²) in [5, 5.41) is 10.1. The Kier molecular flexibility index (Phi) is 5.61. The molecular formula is C13H19Br2NO. The third kappa shape index (κ3) is 5.49. The molecule has 0 saturated heterocycles. The van der Waals surface area contributed by atoms with Gasteiger partial charge in [-0.15, -0.1) is 0 Å². The van der Waals surface area contributed by atoms with E-state index in [1.165, 1.54) is 0 Å². The number of aromatic nitrogens is 1. The Labute approximate surface area is 120 Å². The molecule has 0 aliphatic heterocycles. The van der Waals surface area contributed by atoms with Crippen LogP contribution in [-0.2, 0) is 0 Å². The van der Waals surface area contributed by atoms with Crippen molar-refractivity contribution >= 4 is 31.9 Å². The average molecular weight is 365 g/mol. The largest absolute Gasteiger partial charge is 0.387 e. The van der Waals surface area contributed by atoms with Gasteiger partial charge in [0.15, 0.2) is 0 Å². The Hall–Kier alpha value is 0.0700. The molecule has 17 heavy (non-hydrogen) atoms. The van der Waals surface area contributed by atoms with Crippen LogP contribution in [0.2, 0.25) is 0 Å². The van der Waals surface area contributed by atoms with Gasteiger partial charge in [0, 0.05) is 15.1 Å².